The molecular formula is C23H16Cl2N2O4. The number of hydrogen-bond acceptors (Lipinski definition) is 6. The number of ether oxygens (including phenoxy) is 2. The van der Waals surface area contributed by atoms with Crippen molar-refractivity contribution in [2.45, 2.75) is 0 Å². The van der Waals surface area contributed by atoms with E-state index in [4.69, 9.17) is 37.1 Å². The Labute approximate surface area is 188 Å². The van der Waals surface area contributed by atoms with E-state index >= 15 is 0 Å². The maximum atomic E-state index is 12.0. The van der Waals surface area contributed by atoms with Crippen LogP contribution >= 0.6 is 23.2 Å². The van der Waals surface area contributed by atoms with Gasteiger partial charge < -0.3 is 19.2 Å². The summed E-state index contributed by atoms with van der Waals surface area (Å²) in [5.74, 6) is 0.990. The van der Waals surface area contributed by atoms with Crippen LogP contribution in [0.3, 0.4) is 0 Å². The molecule has 0 atom stereocenters. The number of methoxy groups -OCH3 is 1. The van der Waals surface area contributed by atoms with E-state index < -0.39 is 5.97 Å². The fourth-order valence-corrected chi connectivity index (χ4v) is 3.13. The first-order chi connectivity index (χ1) is 15.0. The molecule has 0 fully saturated rings. The molecule has 0 radical (unpaired) electrons. The van der Waals surface area contributed by atoms with Crippen molar-refractivity contribution in [2.75, 3.05) is 12.4 Å². The number of para-hydroxylation sites is 1. The molecule has 6 nitrogen and oxygen atoms in total. The fraction of sp³-hybridized carbons (Fsp3) is 0.0435. The molecule has 31 heavy (non-hydrogen) atoms. The minimum absolute atomic E-state index is 0.302. The number of halogens is 2. The predicted molar refractivity (Wildman–Crippen MR) is 120 cm³/mol. The number of carbonyl (C=O) groups excluding carboxylic acids is 1. The van der Waals surface area contributed by atoms with Crippen LogP contribution in [0.4, 0.5) is 11.7 Å². The number of nitrogens with zero attached hydrogens (tertiary/aromatic N) is 1. The highest BCUT2D eigenvalue weighted by atomic mass is 35.5. The van der Waals surface area contributed by atoms with Gasteiger partial charge in [0.15, 0.2) is 5.76 Å². The molecule has 1 aromatic heterocycles. The molecule has 3 aromatic carbocycles. The Bertz CT molecular complexity index is 1240. The summed E-state index contributed by atoms with van der Waals surface area (Å²) in [7, 11) is 1.33. The molecule has 0 unspecified atom stereocenters. The molecule has 1 heterocycles. The van der Waals surface area contributed by atoms with Crippen molar-refractivity contribution < 1.29 is 18.7 Å². The van der Waals surface area contributed by atoms with Crippen molar-refractivity contribution in [3.05, 3.63) is 88.5 Å². The van der Waals surface area contributed by atoms with E-state index in [1.54, 1.807) is 60.8 Å². The highest BCUT2D eigenvalue weighted by Gasteiger charge is 2.14. The fourth-order valence-electron chi connectivity index (χ4n) is 2.84. The quantitative estimate of drug-likeness (QED) is 0.317. The molecule has 4 aromatic rings. The third-order valence-electron chi connectivity index (χ3n) is 4.32. The lowest BCUT2D eigenvalue weighted by Crippen LogP contribution is -2.03. The average molecular weight is 455 g/mol. The number of hydrogen-bond donors (Lipinski definition) is 1. The molecule has 0 spiro atoms. The van der Waals surface area contributed by atoms with Crippen LogP contribution in [0.25, 0.3) is 11.3 Å². The Morgan fingerprint density at radius 3 is 2.65 bits per heavy atom. The summed E-state index contributed by atoms with van der Waals surface area (Å²) in [4.78, 5) is 16.2. The summed E-state index contributed by atoms with van der Waals surface area (Å²) in [6.45, 7) is 0. The smallest absolute Gasteiger partial charge is 0.341 e. The van der Waals surface area contributed by atoms with Crippen LogP contribution in [0.1, 0.15) is 10.4 Å². The number of anilines is 2. The number of esters is 1. The van der Waals surface area contributed by atoms with E-state index in [2.05, 4.69) is 10.3 Å². The lowest BCUT2D eigenvalue weighted by molar-refractivity contribution is 0.0598. The van der Waals surface area contributed by atoms with E-state index in [9.17, 15) is 4.79 Å². The lowest BCUT2D eigenvalue weighted by atomic mass is 10.1. The summed E-state index contributed by atoms with van der Waals surface area (Å²) >= 11 is 12.0. The number of carbonyl (C=O) groups is 1. The van der Waals surface area contributed by atoms with Gasteiger partial charge >= 0.3 is 5.97 Å². The van der Waals surface area contributed by atoms with E-state index in [0.717, 1.165) is 5.56 Å². The van der Waals surface area contributed by atoms with Gasteiger partial charge in [-0.15, -0.1) is 0 Å². The van der Waals surface area contributed by atoms with Crippen LogP contribution in [0.15, 0.2) is 77.3 Å². The minimum Gasteiger partial charge on any atom is -0.465 e. The van der Waals surface area contributed by atoms with Crippen molar-refractivity contribution >= 4 is 40.9 Å². The molecular weight excluding hydrogens is 439 g/mol. The van der Waals surface area contributed by atoms with E-state index in [1.165, 1.54) is 7.11 Å². The number of oxazole rings is 1. The van der Waals surface area contributed by atoms with Gasteiger partial charge in [0, 0.05) is 11.3 Å². The molecule has 8 heteroatoms. The van der Waals surface area contributed by atoms with Crippen molar-refractivity contribution in [3.8, 4) is 22.8 Å². The molecule has 0 saturated carbocycles. The van der Waals surface area contributed by atoms with Gasteiger partial charge in [0.05, 0.1) is 23.4 Å². The average Bonchev–Trinajstić information content (AvgIpc) is 3.25. The van der Waals surface area contributed by atoms with E-state index in [-0.39, 0.29) is 0 Å². The molecule has 0 saturated heterocycles. The van der Waals surface area contributed by atoms with Crippen LogP contribution in [0.2, 0.25) is 10.0 Å². The first-order valence-corrected chi connectivity index (χ1v) is 9.92. The molecule has 4 rings (SSSR count). The van der Waals surface area contributed by atoms with Crippen molar-refractivity contribution in [2.24, 2.45) is 0 Å². The monoisotopic (exact) mass is 454 g/mol. The van der Waals surface area contributed by atoms with Gasteiger partial charge in [-0.1, -0.05) is 47.5 Å². The predicted octanol–water partition coefficient (Wildman–Crippen LogP) is 6.97. The Morgan fingerprint density at radius 1 is 1.00 bits per heavy atom. The van der Waals surface area contributed by atoms with Crippen molar-refractivity contribution in [1.82, 2.24) is 4.98 Å². The van der Waals surface area contributed by atoms with Gasteiger partial charge in [-0.2, -0.15) is 0 Å². The maximum absolute atomic E-state index is 12.0. The zero-order valence-electron chi connectivity index (χ0n) is 16.3. The molecule has 0 aliphatic rings. The molecule has 156 valence electrons. The van der Waals surface area contributed by atoms with E-state index in [0.29, 0.717) is 44.6 Å². The lowest BCUT2D eigenvalue weighted by Gasteiger charge is -2.10. The normalized spacial score (nSPS) is 10.5. The molecule has 1 N–H and O–H groups in total. The number of nitrogens with one attached hydrogen (secondary N) is 1. The van der Waals surface area contributed by atoms with Crippen molar-refractivity contribution in [3.63, 3.8) is 0 Å². The summed E-state index contributed by atoms with van der Waals surface area (Å²) < 4.78 is 16.5. The second-order valence-electron chi connectivity index (χ2n) is 6.40. The standard InChI is InChI=1S/C23H16Cl2N2O4/c1-29-22(28)17-7-2-3-8-20(17)30-16-6-4-5-14(11-16)21-13-26-23(31-21)27-15-9-10-18(24)19(25)12-15/h2-13H,1H3,(H,26,27). The summed E-state index contributed by atoms with van der Waals surface area (Å²) in [6.07, 6.45) is 1.60. The SMILES string of the molecule is COC(=O)c1ccccc1Oc1cccc(-c2cnc(Nc3ccc(Cl)c(Cl)c3)o2)c1. The largest absolute Gasteiger partial charge is 0.465 e. The molecule has 0 amide bonds. The number of benzene rings is 3. The highest BCUT2D eigenvalue weighted by Crippen LogP contribution is 2.32. The molecule has 0 aliphatic carbocycles. The summed E-state index contributed by atoms with van der Waals surface area (Å²) in [5.41, 5.74) is 1.78. The minimum atomic E-state index is -0.472. The first-order valence-electron chi connectivity index (χ1n) is 9.17. The Hall–Kier alpha value is -3.48. The van der Waals surface area contributed by atoms with Gasteiger partial charge in [0.1, 0.15) is 17.1 Å². The third kappa shape index (κ3) is 4.82. The number of aromatic nitrogens is 1. The van der Waals surface area contributed by atoms with Gasteiger partial charge in [-0.25, -0.2) is 9.78 Å². The zero-order valence-corrected chi connectivity index (χ0v) is 17.8. The van der Waals surface area contributed by atoms with Gasteiger partial charge in [-0.3, -0.25) is 0 Å². The summed E-state index contributed by atoms with van der Waals surface area (Å²) in [6, 6.07) is 19.6. The van der Waals surface area contributed by atoms with Crippen LogP contribution < -0.4 is 10.1 Å². The molecule has 0 aliphatic heterocycles. The topological polar surface area (TPSA) is 73.6 Å². The van der Waals surface area contributed by atoms with Crippen LogP contribution in [0, 0.1) is 0 Å². The zero-order chi connectivity index (χ0) is 21.8. The molecule has 0 bridgehead atoms. The second kappa shape index (κ2) is 9.12. The Morgan fingerprint density at radius 2 is 1.84 bits per heavy atom. The maximum Gasteiger partial charge on any atom is 0.341 e. The van der Waals surface area contributed by atoms with Crippen LogP contribution in [0.5, 0.6) is 11.5 Å². The van der Waals surface area contributed by atoms with Gasteiger partial charge in [-0.05, 0) is 42.5 Å². The van der Waals surface area contributed by atoms with Crippen molar-refractivity contribution in [1.29, 1.82) is 0 Å². The first kappa shape index (κ1) is 20.8. The van der Waals surface area contributed by atoms with Crippen LogP contribution in [-0.2, 0) is 4.74 Å². The highest BCUT2D eigenvalue weighted by molar-refractivity contribution is 6.42. The van der Waals surface area contributed by atoms with Crippen LogP contribution in [-0.4, -0.2) is 18.1 Å². The van der Waals surface area contributed by atoms with Gasteiger partial charge in [0.2, 0.25) is 0 Å². The Balaban J connectivity index is 1.54. The third-order valence-corrected chi connectivity index (χ3v) is 5.05. The Kier molecular flexibility index (Phi) is 6.11. The van der Waals surface area contributed by atoms with E-state index in [1.807, 2.05) is 12.1 Å². The van der Waals surface area contributed by atoms with Gasteiger partial charge in [0.25, 0.3) is 6.01 Å². The number of rotatable bonds is 6. The summed E-state index contributed by atoms with van der Waals surface area (Å²) in [5, 5.41) is 3.93. The second-order valence-corrected chi connectivity index (χ2v) is 7.22.